The van der Waals surface area contributed by atoms with Gasteiger partial charge in [0.05, 0.1) is 10.5 Å². The Morgan fingerprint density at radius 2 is 2.24 bits per heavy atom. The van der Waals surface area contributed by atoms with Crippen molar-refractivity contribution in [3.63, 3.8) is 0 Å². The molecule has 2 unspecified atom stereocenters. The maximum atomic E-state index is 13.8. The van der Waals surface area contributed by atoms with E-state index in [9.17, 15) is 4.39 Å². The normalized spacial score (nSPS) is 24.6. The highest BCUT2D eigenvalue weighted by Gasteiger charge is 2.27. The molecule has 2 N–H and O–H groups in total. The first kappa shape index (κ1) is 11.0. The number of H-pyrrole nitrogens is 1. The second-order valence-corrected chi connectivity index (χ2v) is 5.03. The fourth-order valence-electron chi connectivity index (χ4n) is 2.39. The maximum Gasteiger partial charge on any atom is 0.169 e. The molecule has 1 aromatic heterocycles. The van der Waals surface area contributed by atoms with Crippen LogP contribution in [-0.2, 0) is 0 Å². The fourth-order valence-corrected chi connectivity index (χ4v) is 2.54. The van der Waals surface area contributed by atoms with Crippen LogP contribution in [-0.4, -0.2) is 23.1 Å². The highest BCUT2D eigenvalue weighted by atomic mass is 35.5. The molecule has 17 heavy (non-hydrogen) atoms. The van der Waals surface area contributed by atoms with Crippen LogP contribution in [0.5, 0.6) is 0 Å². The van der Waals surface area contributed by atoms with Crippen molar-refractivity contribution < 1.29 is 4.39 Å². The zero-order valence-electron chi connectivity index (χ0n) is 9.43. The number of rotatable bonds is 1. The van der Waals surface area contributed by atoms with E-state index in [1.807, 2.05) is 0 Å². The summed E-state index contributed by atoms with van der Waals surface area (Å²) in [4.78, 5) is 7.54. The van der Waals surface area contributed by atoms with Crippen molar-refractivity contribution in [1.29, 1.82) is 0 Å². The minimum absolute atomic E-state index is 0.119. The molecular weight excluding hydrogens is 241 g/mol. The van der Waals surface area contributed by atoms with Gasteiger partial charge in [-0.2, -0.15) is 0 Å². The summed E-state index contributed by atoms with van der Waals surface area (Å²) < 4.78 is 13.8. The van der Waals surface area contributed by atoms with Crippen molar-refractivity contribution in [1.82, 2.24) is 15.3 Å². The molecule has 0 aliphatic carbocycles. The first-order valence-electron chi connectivity index (χ1n) is 5.71. The molecule has 1 fully saturated rings. The summed E-state index contributed by atoms with van der Waals surface area (Å²) in [5, 5.41) is 3.43. The van der Waals surface area contributed by atoms with Gasteiger partial charge in [-0.05, 0) is 24.6 Å². The highest BCUT2D eigenvalue weighted by molar-refractivity contribution is 6.31. The van der Waals surface area contributed by atoms with Crippen LogP contribution in [0.25, 0.3) is 11.0 Å². The monoisotopic (exact) mass is 253 g/mol. The van der Waals surface area contributed by atoms with Crippen LogP contribution in [0.3, 0.4) is 0 Å². The number of hydrogen-bond donors (Lipinski definition) is 2. The summed E-state index contributed by atoms with van der Waals surface area (Å²) in [6.07, 6.45) is 0. The van der Waals surface area contributed by atoms with Crippen LogP contribution in [0.4, 0.5) is 4.39 Å². The van der Waals surface area contributed by atoms with E-state index in [1.165, 1.54) is 0 Å². The van der Waals surface area contributed by atoms with Gasteiger partial charge < -0.3 is 10.3 Å². The standard InChI is InChI=1S/C12H13ClFN3/c1-6-4-15-5-7(6)12-16-9-3-2-8(13)10(14)11(9)17-12/h2-3,6-7,15H,4-5H2,1H3,(H,16,17). The molecule has 3 rings (SSSR count). The Labute approximate surface area is 103 Å². The lowest BCUT2D eigenvalue weighted by molar-refractivity contribution is 0.551. The predicted molar refractivity (Wildman–Crippen MR) is 65.8 cm³/mol. The number of fused-ring (bicyclic) bond motifs is 1. The molecule has 5 heteroatoms. The Bertz CT molecular complexity index is 566. The molecule has 1 aliphatic heterocycles. The van der Waals surface area contributed by atoms with Gasteiger partial charge in [-0.1, -0.05) is 18.5 Å². The Morgan fingerprint density at radius 1 is 1.41 bits per heavy atom. The van der Waals surface area contributed by atoms with E-state index in [4.69, 9.17) is 11.6 Å². The van der Waals surface area contributed by atoms with Gasteiger partial charge in [-0.25, -0.2) is 9.37 Å². The van der Waals surface area contributed by atoms with Crippen LogP contribution >= 0.6 is 11.6 Å². The summed E-state index contributed by atoms with van der Waals surface area (Å²) in [6.45, 7) is 4.03. The van der Waals surface area contributed by atoms with E-state index in [1.54, 1.807) is 12.1 Å². The second-order valence-electron chi connectivity index (χ2n) is 4.62. The molecule has 0 bridgehead atoms. The van der Waals surface area contributed by atoms with Gasteiger partial charge in [0.2, 0.25) is 0 Å². The molecule has 1 aromatic carbocycles. The third-order valence-electron chi connectivity index (χ3n) is 3.43. The molecule has 0 saturated carbocycles. The molecule has 0 spiro atoms. The predicted octanol–water partition coefficient (Wildman–Crippen LogP) is 2.68. The second kappa shape index (κ2) is 3.96. The van der Waals surface area contributed by atoms with Crippen molar-refractivity contribution in [2.24, 2.45) is 5.92 Å². The molecule has 3 nitrogen and oxygen atoms in total. The van der Waals surface area contributed by atoms with Crippen molar-refractivity contribution in [2.75, 3.05) is 13.1 Å². The number of imidazole rings is 1. The summed E-state index contributed by atoms with van der Waals surface area (Å²) in [5.74, 6) is 1.23. The summed E-state index contributed by atoms with van der Waals surface area (Å²) in [5.41, 5.74) is 1.05. The van der Waals surface area contributed by atoms with E-state index < -0.39 is 5.82 Å². The topological polar surface area (TPSA) is 40.7 Å². The van der Waals surface area contributed by atoms with Crippen LogP contribution in [0.1, 0.15) is 18.7 Å². The lowest BCUT2D eigenvalue weighted by Gasteiger charge is -2.09. The smallest absolute Gasteiger partial charge is 0.169 e. The number of nitrogens with one attached hydrogen (secondary N) is 2. The highest BCUT2D eigenvalue weighted by Crippen LogP contribution is 2.29. The van der Waals surface area contributed by atoms with Crippen molar-refractivity contribution in [3.05, 3.63) is 28.8 Å². The van der Waals surface area contributed by atoms with Gasteiger partial charge in [0.15, 0.2) is 5.82 Å². The average molecular weight is 254 g/mol. The third kappa shape index (κ3) is 1.72. The van der Waals surface area contributed by atoms with Gasteiger partial charge in [0, 0.05) is 12.5 Å². The van der Waals surface area contributed by atoms with Crippen molar-refractivity contribution >= 4 is 22.6 Å². The first-order chi connectivity index (χ1) is 8.16. The summed E-state index contributed by atoms with van der Waals surface area (Å²) in [6, 6.07) is 3.32. The van der Waals surface area contributed by atoms with Gasteiger partial charge in [-0.3, -0.25) is 0 Å². The minimum Gasteiger partial charge on any atom is -0.342 e. The van der Waals surface area contributed by atoms with Gasteiger partial charge in [0.25, 0.3) is 0 Å². The Balaban J connectivity index is 2.10. The molecule has 2 aromatic rings. The molecule has 0 amide bonds. The third-order valence-corrected chi connectivity index (χ3v) is 3.72. The van der Waals surface area contributed by atoms with E-state index in [0.717, 1.165) is 18.9 Å². The zero-order chi connectivity index (χ0) is 12.0. The Morgan fingerprint density at radius 3 is 2.94 bits per heavy atom. The van der Waals surface area contributed by atoms with Crippen LogP contribution in [0.15, 0.2) is 12.1 Å². The number of halogens is 2. The van der Waals surface area contributed by atoms with Crippen molar-refractivity contribution in [3.8, 4) is 0 Å². The first-order valence-corrected chi connectivity index (χ1v) is 6.09. The average Bonchev–Trinajstić information content (AvgIpc) is 2.89. The van der Waals surface area contributed by atoms with Crippen LogP contribution < -0.4 is 5.32 Å². The number of nitrogens with zero attached hydrogens (tertiary/aromatic N) is 1. The van der Waals surface area contributed by atoms with Crippen LogP contribution in [0.2, 0.25) is 5.02 Å². The Kier molecular flexibility index (Phi) is 2.56. The van der Waals surface area contributed by atoms with Gasteiger partial charge in [-0.15, -0.1) is 0 Å². The van der Waals surface area contributed by atoms with E-state index in [2.05, 4.69) is 22.2 Å². The number of aromatic nitrogens is 2. The minimum atomic E-state index is -0.440. The quantitative estimate of drug-likeness (QED) is 0.820. The molecule has 2 heterocycles. The van der Waals surface area contributed by atoms with E-state index >= 15 is 0 Å². The zero-order valence-corrected chi connectivity index (χ0v) is 10.2. The molecule has 1 aliphatic rings. The summed E-state index contributed by atoms with van der Waals surface area (Å²) in [7, 11) is 0. The van der Waals surface area contributed by atoms with E-state index in [-0.39, 0.29) is 5.02 Å². The summed E-state index contributed by atoms with van der Waals surface area (Å²) >= 11 is 5.74. The number of benzene rings is 1. The number of hydrogen-bond acceptors (Lipinski definition) is 2. The van der Waals surface area contributed by atoms with Gasteiger partial charge in [0.1, 0.15) is 11.3 Å². The largest absolute Gasteiger partial charge is 0.342 e. The number of aromatic amines is 1. The molecule has 90 valence electrons. The molecule has 2 atom stereocenters. The molecular formula is C12H13ClFN3. The van der Waals surface area contributed by atoms with E-state index in [0.29, 0.717) is 22.9 Å². The fraction of sp³-hybridized carbons (Fsp3) is 0.417. The Hall–Kier alpha value is -1.13. The maximum absolute atomic E-state index is 13.8. The SMILES string of the molecule is CC1CNCC1c1nc2c(F)c(Cl)ccc2[nH]1. The van der Waals surface area contributed by atoms with Crippen LogP contribution in [0, 0.1) is 11.7 Å². The molecule has 0 radical (unpaired) electrons. The lowest BCUT2D eigenvalue weighted by atomic mass is 9.98. The molecule has 1 saturated heterocycles. The van der Waals surface area contributed by atoms with Crippen molar-refractivity contribution in [2.45, 2.75) is 12.8 Å². The van der Waals surface area contributed by atoms with Gasteiger partial charge >= 0.3 is 0 Å². The lowest BCUT2D eigenvalue weighted by Crippen LogP contribution is -2.09.